The van der Waals surface area contributed by atoms with Crippen molar-refractivity contribution in [3.05, 3.63) is 77.9 Å². The van der Waals surface area contributed by atoms with Crippen molar-refractivity contribution >= 4 is 32.6 Å². The molecule has 31 heavy (non-hydrogen) atoms. The lowest BCUT2D eigenvalue weighted by Gasteiger charge is -2.34. The Hall–Kier alpha value is -3.27. The summed E-state index contributed by atoms with van der Waals surface area (Å²) in [7, 11) is -3.66. The Morgan fingerprint density at radius 1 is 0.806 bits per heavy atom. The van der Waals surface area contributed by atoms with Gasteiger partial charge in [-0.1, -0.05) is 30.3 Å². The van der Waals surface area contributed by atoms with Gasteiger partial charge in [-0.05, 0) is 47.2 Å². The summed E-state index contributed by atoms with van der Waals surface area (Å²) in [5.74, 6) is -0.898. The first-order chi connectivity index (χ1) is 14.9. The maximum Gasteiger partial charge on any atom is 0.274 e. The quantitative estimate of drug-likeness (QED) is 0.478. The molecule has 0 unspecified atom stereocenters. The number of nitrogens with one attached hydrogen (secondary N) is 1. The molecule has 1 saturated heterocycles. The first-order valence-corrected chi connectivity index (χ1v) is 11.2. The minimum atomic E-state index is -3.66. The molecule has 2 N–H and O–H groups in total. The Balaban J connectivity index is 1.44. The standard InChI is InChI=1S/C22H21N3O5S/c26-21(23-28)17-5-7-18(8-6-17)22(27)24-11-13-25(14-12-24)31(29,30)20-10-9-16-3-1-2-4-19(16)15-20/h1-10,15,28H,11-14H2,(H,23,26). The average molecular weight is 439 g/mol. The lowest BCUT2D eigenvalue weighted by atomic mass is 10.1. The van der Waals surface area contributed by atoms with E-state index in [0.717, 1.165) is 10.8 Å². The number of hydroxylamine groups is 1. The van der Waals surface area contributed by atoms with Gasteiger partial charge in [-0.25, -0.2) is 13.9 Å². The van der Waals surface area contributed by atoms with Gasteiger partial charge >= 0.3 is 0 Å². The Morgan fingerprint density at radius 2 is 1.42 bits per heavy atom. The molecule has 0 aromatic heterocycles. The van der Waals surface area contributed by atoms with Crippen LogP contribution >= 0.6 is 0 Å². The predicted molar refractivity (Wildman–Crippen MR) is 114 cm³/mol. The second-order valence-corrected chi connectivity index (χ2v) is 9.16. The predicted octanol–water partition coefficient (Wildman–Crippen LogP) is 2.11. The monoisotopic (exact) mass is 439 g/mol. The van der Waals surface area contributed by atoms with Crippen LogP contribution < -0.4 is 5.48 Å². The second-order valence-electron chi connectivity index (χ2n) is 7.22. The van der Waals surface area contributed by atoms with Gasteiger partial charge in [-0.15, -0.1) is 0 Å². The van der Waals surface area contributed by atoms with Crippen molar-refractivity contribution in [2.75, 3.05) is 26.2 Å². The van der Waals surface area contributed by atoms with Gasteiger partial charge in [0, 0.05) is 37.3 Å². The largest absolute Gasteiger partial charge is 0.336 e. The summed E-state index contributed by atoms with van der Waals surface area (Å²) in [4.78, 5) is 26.0. The summed E-state index contributed by atoms with van der Waals surface area (Å²) in [5.41, 5.74) is 2.16. The summed E-state index contributed by atoms with van der Waals surface area (Å²) in [5, 5.41) is 10.5. The highest BCUT2D eigenvalue weighted by Gasteiger charge is 2.30. The number of carbonyl (C=O) groups excluding carboxylic acids is 2. The summed E-state index contributed by atoms with van der Waals surface area (Å²) >= 11 is 0. The average Bonchev–Trinajstić information content (AvgIpc) is 2.83. The van der Waals surface area contributed by atoms with Crippen LogP contribution in [0.25, 0.3) is 10.8 Å². The van der Waals surface area contributed by atoms with Gasteiger partial charge in [0.25, 0.3) is 11.8 Å². The number of sulfonamides is 1. The Morgan fingerprint density at radius 3 is 2.06 bits per heavy atom. The lowest BCUT2D eigenvalue weighted by molar-refractivity contribution is 0.0691. The van der Waals surface area contributed by atoms with Crippen LogP contribution in [0.4, 0.5) is 0 Å². The number of carbonyl (C=O) groups is 2. The molecule has 0 atom stereocenters. The molecule has 4 rings (SSSR count). The Labute approximate surface area is 179 Å². The van der Waals surface area contributed by atoms with Crippen molar-refractivity contribution in [1.82, 2.24) is 14.7 Å². The molecule has 9 heteroatoms. The molecular weight excluding hydrogens is 418 g/mol. The molecule has 0 radical (unpaired) electrons. The third-order valence-corrected chi connectivity index (χ3v) is 7.27. The highest BCUT2D eigenvalue weighted by atomic mass is 32.2. The molecule has 0 spiro atoms. The summed E-state index contributed by atoms with van der Waals surface area (Å²) in [6.07, 6.45) is 0. The van der Waals surface area contributed by atoms with Gasteiger partial charge in [0.05, 0.1) is 4.90 Å². The molecule has 1 heterocycles. The molecule has 8 nitrogen and oxygen atoms in total. The third-order valence-electron chi connectivity index (χ3n) is 5.38. The minimum Gasteiger partial charge on any atom is -0.336 e. The molecule has 1 aliphatic heterocycles. The summed E-state index contributed by atoms with van der Waals surface area (Å²) in [6, 6.07) is 18.6. The highest BCUT2D eigenvalue weighted by molar-refractivity contribution is 7.89. The zero-order valence-corrected chi connectivity index (χ0v) is 17.4. The van der Waals surface area contributed by atoms with Crippen LogP contribution in [0.3, 0.4) is 0 Å². The lowest BCUT2D eigenvalue weighted by Crippen LogP contribution is -2.50. The van der Waals surface area contributed by atoms with Gasteiger partial charge in [-0.2, -0.15) is 4.31 Å². The van der Waals surface area contributed by atoms with Crippen molar-refractivity contribution < 1.29 is 23.2 Å². The van der Waals surface area contributed by atoms with Gasteiger partial charge in [-0.3, -0.25) is 14.8 Å². The van der Waals surface area contributed by atoms with Crippen molar-refractivity contribution in [3.8, 4) is 0 Å². The first-order valence-electron chi connectivity index (χ1n) is 9.73. The fourth-order valence-electron chi connectivity index (χ4n) is 3.62. The van der Waals surface area contributed by atoms with E-state index in [0.29, 0.717) is 5.56 Å². The third kappa shape index (κ3) is 4.15. The van der Waals surface area contributed by atoms with E-state index >= 15 is 0 Å². The van der Waals surface area contributed by atoms with Crippen molar-refractivity contribution in [2.45, 2.75) is 4.90 Å². The zero-order chi connectivity index (χ0) is 22.0. The number of amides is 2. The smallest absolute Gasteiger partial charge is 0.274 e. The minimum absolute atomic E-state index is 0.200. The molecule has 0 bridgehead atoms. The molecule has 3 aromatic carbocycles. The van der Waals surface area contributed by atoms with Gasteiger partial charge in [0.15, 0.2) is 0 Å². The maximum absolute atomic E-state index is 13.1. The topological polar surface area (TPSA) is 107 Å². The Kier molecular flexibility index (Phi) is 5.73. The van der Waals surface area contributed by atoms with E-state index < -0.39 is 15.9 Å². The van der Waals surface area contributed by atoms with Gasteiger partial charge in [0.1, 0.15) is 0 Å². The molecule has 160 valence electrons. The number of hydrogen-bond acceptors (Lipinski definition) is 5. The molecule has 0 saturated carbocycles. The number of piperazine rings is 1. The van der Waals surface area contributed by atoms with Crippen LogP contribution in [0.2, 0.25) is 0 Å². The second kappa shape index (κ2) is 8.46. The van der Waals surface area contributed by atoms with Crippen LogP contribution in [0.15, 0.2) is 71.6 Å². The van der Waals surface area contributed by atoms with Crippen molar-refractivity contribution in [1.29, 1.82) is 0 Å². The van der Waals surface area contributed by atoms with E-state index in [4.69, 9.17) is 5.21 Å². The highest BCUT2D eigenvalue weighted by Crippen LogP contribution is 2.23. The molecule has 1 aliphatic rings. The molecular formula is C22H21N3O5S. The SMILES string of the molecule is O=C(NO)c1ccc(C(=O)N2CCN(S(=O)(=O)c3ccc4ccccc4c3)CC2)cc1. The van der Waals surface area contributed by atoms with E-state index in [-0.39, 0.29) is 42.5 Å². The van der Waals surface area contributed by atoms with Crippen LogP contribution in [0, 0.1) is 0 Å². The number of fused-ring (bicyclic) bond motifs is 1. The number of benzene rings is 3. The maximum atomic E-state index is 13.1. The zero-order valence-electron chi connectivity index (χ0n) is 16.6. The summed E-state index contributed by atoms with van der Waals surface area (Å²) < 4.78 is 27.5. The van der Waals surface area contributed by atoms with E-state index in [2.05, 4.69) is 0 Å². The fourth-order valence-corrected chi connectivity index (χ4v) is 5.08. The van der Waals surface area contributed by atoms with Gasteiger partial charge < -0.3 is 4.90 Å². The first kappa shape index (κ1) is 21.0. The molecule has 1 fully saturated rings. The molecule has 0 aliphatic carbocycles. The van der Waals surface area contributed by atoms with Gasteiger partial charge in [0.2, 0.25) is 10.0 Å². The Bertz CT molecular complexity index is 1230. The number of hydrogen-bond donors (Lipinski definition) is 2. The molecule has 2 amide bonds. The summed E-state index contributed by atoms with van der Waals surface area (Å²) in [6.45, 7) is 0.937. The van der Waals surface area contributed by atoms with Crippen LogP contribution in [0.1, 0.15) is 20.7 Å². The van der Waals surface area contributed by atoms with E-state index in [1.807, 2.05) is 24.3 Å². The van der Waals surface area contributed by atoms with E-state index in [1.54, 1.807) is 23.1 Å². The van der Waals surface area contributed by atoms with Crippen molar-refractivity contribution in [3.63, 3.8) is 0 Å². The van der Waals surface area contributed by atoms with Crippen LogP contribution in [-0.2, 0) is 10.0 Å². The normalized spacial score (nSPS) is 15.1. The van der Waals surface area contributed by atoms with Crippen molar-refractivity contribution in [2.24, 2.45) is 0 Å². The van der Waals surface area contributed by atoms with E-state index in [1.165, 1.54) is 34.1 Å². The van der Waals surface area contributed by atoms with E-state index in [9.17, 15) is 18.0 Å². The number of rotatable bonds is 4. The molecule has 3 aromatic rings. The number of nitrogens with zero attached hydrogens (tertiary/aromatic N) is 2. The fraction of sp³-hybridized carbons (Fsp3) is 0.182. The van der Waals surface area contributed by atoms with Crippen LogP contribution in [0.5, 0.6) is 0 Å². The van der Waals surface area contributed by atoms with Crippen LogP contribution in [-0.4, -0.2) is 60.8 Å².